The van der Waals surface area contributed by atoms with Crippen LogP contribution in [0.15, 0.2) is 22.7 Å². The molecule has 1 aromatic heterocycles. The summed E-state index contributed by atoms with van der Waals surface area (Å²) in [5.74, 6) is 0.479. The molecule has 0 aliphatic carbocycles. The van der Waals surface area contributed by atoms with Crippen molar-refractivity contribution in [3.05, 3.63) is 33.1 Å². The maximum Gasteiger partial charge on any atom is 0.351 e. The van der Waals surface area contributed by atoms with Crippen molar-refractivity contribution in [2.24, 2.45) is 0 Å². The van der Waals surface area contributed by atoms with Crippen molar-refractivity contribution in [2.75, 3.05) is 20.8 Å². The summed E-state index contributed by atoms with van der Waals surface area (Å²) >= 11 is 4.72. The summed E-state index contributed by atoms with van der Waals surface area (Å²) in [6.45, 7) is 2.25. The Balaban J connectivity index is 2.59. The van der Waals surface area contributed by atoms with E-state index in [2.05, 4.69) is 15.9 Å². The van der Waals surface area contributed by atoms with Crippen LogP contribution < -0.4 is 9.47 Å². The zero-order valence-electron chi connectivity index (χ0n) is 12.8. The van der Waals surface area contributed by atoms with Crippen LogP contribution >= 0.6 is 27.3 Å². The van der Waals surface area contributed by atoms with Gasteiger partial charge in [-0.2, -0.15) is 0 Å². The fourth-order valence-electron chi connectivity index (χ4n) is 2.05. The molecule has 0 spiro atoms. The first-order valence-electron chi connectivity index (χ1n) is 6.74. The van der Waals surface area contributed by atoms with Crippen LogP contribution in [0.5, 0.6) is 11.5 Å². The topological polar surface area (TPSA) is 61.8 Å². The molecule has 0 saturated heterocycles. The summed E-state index contributed by atoms with van der Waals surface area (Å²) in [7, 11) is 2.83. The van der Waals surface area contributed by atoms with E-state index >= 15 is 0 Å². The van der Waals surface area contributed by atoms with Gasteiger partial charge in [0.15, 0.2) is 16.9 Å². The maximum atomic E-state index is 11.9. The van der Waals surface area contributed by atoms with Gasteiger partial charge in [-0.05, 0) is 46.6 Å². The van der Waals surface area contributed by atoms with Crippen LogP contribution in [0.3, 0.4) is 0 Å². The summed E-state index contributed by atoms with van der Waals surface area (Å²) < 4.78 is 16.2. The van der Waals surface area contributed by atoms with Gasteiger partial charge in [0.25, 0.3) is 0 Å². The predicted molar refractivity (Wildman–Crippen MR) is 91.9 cm³/mol. The van der Waals surface area contributed by atoms with Crippen molar-refractivity contribution in [1.82, 2.24) is 0 Å². The second-order valence-corrected chi connectivity index (χ2v) is 6.22. The van der Waals surface area contributed by atoms with Crippen molar-refractivity contribution >= 4 is 39.5 Å². The molecule has 2 aromatic rings. The Labute approximate surface area is 146 Å². The highest BCUT2D eigenvalue weighted by Gasteiger charge is 2.24. The SMILES string of the molecule is CCOc1c(C(=O)OC)sc(-c2ccc(OC)c(C=O)c2)c1Br. The monoisotopic (exact) mass is 398 g/mol. The van der Waals surface area contributed by atoms with E-state index < -0.39 is 5.97 Å². The Hall–Kier alpha value is -1.86. The molecule has 1 aromatic carbocycles. The second kappa shape index (κ2) is 7.61. The molecule has 0 saturated carbocycles. The number of carbonyl (C=O) groups excluding carboxylic acids is 2. The molecule has 23 heavy (non-hydrogen) atoms. The van der Waals surface area contributed by atoms with Gasteiger partial charge in [0.1, 0.15) is 5.75 Å². The fourth-order valence-corrected chi connectivity index (χ4v) is 4.02. The lowest BCUT2D eigenvalue weighted by atomic mass is 10.1. The molecule has 0 fully saturated rings. The summed E-state index contributed by atoms with van der Waals surface area (Å²) in [6, 6.07) is 5.24. The van der Waals surface area contributed by atoms with E-state index in [9.17, 15) is 9.59 Å². The van der Waals surface area contributed by atoms with E-state index in [1.165, 1.54) is 25.6 Å². The molecule has 0 radical (unpaired) electrons. The van der Waals surface area contributed by atoms with Gasteiger partial charge in [0.2, 0.25) is 0 Å². The number of thiophene rings is 1. The number of hydrogen-bond donors (Lipinski definition) is 0. The first-order chi connectivity index (χ1) is 11.1. The smallest absolute Gasteiger partial charge is 0.351 e. The van der Waals surface area contributed by atoms with E-state index in [1.54, 1.807) is 12.1 Å². The number of carbonyl (C=O) groups is 2. The van der Waals surface area contributed by atoms with Crippen molar-refractivity contribution in [3.8, 4) is 21.9 Å². The predicted octanol–water partition coefficient (Wildman–Crippen LogP) is 4.18. The molecule has 122 valence electrons. The molecule has 0 atom stereocenters. The Bertz CT molecular complexity index is 738. The lowest BCUT2D eigenvalue weighted by molar-refractivity contribution is 0.0602. The van der Waals surface area contributed by atoms with Crippen molar-refractivity contribution in [3.63, 3.8) is 0 Å². The molecule has 0 aliphatic rings. The lowest BCUT2D eigenvalue weighted by Crippen LogP contribution is -2.02. The van der Waals surface area contributed by atoms with Crippen LogP contribution in [0.1, 0.15) is 27.0 Å². The number of hydrogen-bond acceptors (Lipinski definition) is 6. The third-order valence-electron chi connectivity index (χ3n) is 3.09. The number of rotatable bonds is 6. The van der Waals surface area contributed by atoms with Crippen LogP contribution in [0, 0.1) is 0 Å². The number of esters is 1. The van der Waals surface area contributed by atoms with Gasteiger partial charge in [-0.3, -0.25) is 4.79 Å². The maximum absolute atomic E-state index is 11.9. The van der Waals surface area contributed by atoms with Gasteiger partial charge in [-0.25, -0.2) is 4.79 Å². The van der Waals surface area contributed by atoms with E-state index in [0.29, 0.717) is 33.0 Å². The van der Waals surface area contributed by atoms with E-state index in [-0.39, 0.29) is 0 Å². The third-order valence-corrected chi connectivity index (χ3v) is 5.31. The number of methoxy groups -OCH3 is 2. The minimum Gasteiger partial charge on any atom is -0.496 e. The first kappa shape index (κ1) is 17.5. The second-order valence-electron chi connectivity index (χ2n) is 4.40. The Morgan fingerprint density at radius 3 is 2.65 bits per heavy atom. The molecule has 2 rings (SSSR count). The molecule has 7 heteroatoms. The lowest BCUT2D eigenvalue weighted by Gasteiger charge is -2.06. The number of benzene rings is 1. The standard InChI is InChI=1S/C16H15BrO5S/c1-4-22-13-12(17)14(23-15(13)16(19)21-3)9-5-6-11(20-2)10(7-9)8-18/h5-8H,4H2,1-3H3. The Morgan fingerprint density at radius 2 is 2.09 bits per heavy atom. The summed E-state index contributed by atoms with van der Waals surface area (Å²) in [5.41, 5.74) is 1.21. The van der Waals surface area contributed by atoms with Gasteiger partial charge in [0.05, 0.1) is 35.7 Å². The zero-order chi connectivity index (χ0) is 17.0. The van der Waals surface area contributed by atoms with Crippen LogP contribution in [-0.2, 0) is 4.74 Å². The molecule has 1 heterocycles. The summed E-state index contributed by atoms with van der Waals surface area (Å²) in [4.78, 5) is 24.3. The highest BCUT2D eigenvalue weighted by atomic mass is 79.9. The summed E-state index contributed by atoms with van der Waals surface area (Å²) in [6.07, 6.45) is 0.731. The molecule has 0 unspecified atom stereocenters. The molecule has 5 nitrogen and oxygen atoms in total. The molecule has 0 amide bonds. The highest BCUT2D eigenvalue weighted by molar-refractivity contribution is 9.10. The van der Waals surface area contributed by atoms with Crippen molar-refractivity contribution in [2.45, 2.75) is 6.92 Å². The molecule has 0 aliphatic heterocycles. The zero-order valence-corrected chi connectivity index (χ0v) is 15.2. The number of ether oxygens (including phenoxy) is 3. The molecule has 0 bridgehead atoms. The average Bonchev–Trinajstić information content (AvgIpc) is 2.91. The van der Waals surface area contributed by atoms with Gasteiger partial charge in [0, 0.05) is 0 Å². The number of halogens is 1. The van der Waals surface area contributed by atoms with Crippen molar-refractivity contribution in [1.29, 1.82) is 0 Å². The normalized spacial score (nSPS) is 10.3. The highest BCUT2D eigenvalue weighted by Crippen LogP contribution is 2.46. The van der Waals surface area contributed by atoms with Crippen molar-refractivity contribution < 1.29 is 23.8 Å². The van der Waals surface area contributed by atoms with E-state index in [0.717, 1.165) is 16.7 Å². The minimum absolute atomic E-state index is 0.375. The van der Waals surface area contributed by atoms with Gasteiger partial charge < -0.3 is 14.2 Å². The van der Waals surface area contributed by atoms with Crippen LogP contribution in [0.4, 0.5) is 0 Å². The Morgan fingerprint density at radius 1 is 1.35 bits per heavy atom. The minimum atomic E-state index is -0.463. The molecular formula is C16H15BrO5S. The quantitative estimate of drug-likeness (QED) is 0.539. The van der Waals surface area contributed by atoms with Gasteiger partial charge in [-0.15, -0.1) is 11.3 Å². The summed E-state index contributed by atoms with van der Waals surface area (Å²) in [5, 5.41) is 0. The largest absolute Gasteiger partial charge is 0.496 e. The molecular weight excluding hydrogens is 384 g/mol. The molecule has 0 N–H and O–H groups in total. The van der Waals surface area contributed by atoms with Gasteiger partial charge >= 0.3 is 5.97 Å². The van der Waals surface area contributed by atoms with Crippen LogP contribution in [0.2, 0.25) is 0 Å². The Kier molecular flexibility index (Phi) is 5.79. The van der Waals surface area contributed by atoms with Crippen LogP contribution in [-0.4, -0.2) is 33.1 Å². The number of aldehydes is 1. The van der Waals surface area contributed by atoms with Crippen LogP contribution in [0.25, 0.3) is 10.4 Å². The average molecular weight is 399 g/mol. The van der Waals surface area contributed by atoms with E-state index in [4.69, 9.17) is 14.2 Å². The third kappa shape index (κ3) is 3.40. The first-order valence-corrected chi connectivity index (χ1v) is 8.35. The van der Waals surface area contributed by atoms with E-state index in [1.807, 2.05) is 13.0 Å². The fraction of sp³-hybridized carbons (Fsp3) is 0.250. The van der Waals surface area contributed by atoms with Gasteiger partial charge in [-0.1, -0.05) is 0 Å².